The maximum Gasteiger partial charge on any atom is 0.250 e. The van der Waals surface area contributed by atoms with E-state index in [9.17, 15) is 8.42 Å². The average molecular weight is 322 g/mol. The Morgan fingerprint density at radius 3 is 2.68 bits per heavy atom. The van der Waals surface area contributed by atoms with Crippen LogP contribution in [0.5, 0.6) is 0 Å². The van der Waals surface area contributed by atoms with Gasteiger partial charge in [0.25, 0.3) is 0 Å². The molecule has 2 aromatic rings. The molecule has 0 unspecified atom stereocenters. The highest BCUT2D eigenvalue weighted by Gasteiger charge is 2.29. The second kappa shape index (κ2) is 5.12. The van der Waals surface area contributed by atoms with E-state index in [1.807, 2.05) is 0 Å². The zero-order valence-electron chi connectivity index (χ0n) is 10.3. The summed E-state index contributed by atoms with van der Waals surface area (Å²) >= 11 is 7.14. The van der Waals surface area contributed by atoms with Crippen molar-refractivity contribution in [2.75, 3.05) is 12.8 Å². The van der Waals surface area contributed by atoms with E-state index in [2.05, 4.69) is 5.16 Å². The minimum absolute atomic E-state index is 0.0855. The van der Waals surface area contributed by atoms with Crippen molar-refractivity contribution >= 4 is 38.8 Å². The molecule has 0 radical (unpaired) electrons. The van der Waals surface area contributed by atoms with E-state index in [0.717, 1.165) is 4.88 Å². The highest BCUT2D eigenvalue weighted by molar-refractivity contribution is 7.89. The number of sulfonamides is 1. The lowest BCUT2D eigenvalue weighted by atomic mass is 10.5. The minimum Gasteiger partial charge on any atom is -0.380 e. The van der Waals surface area contributed by atoms with Crippen molar-refractivity contribution in [3.63, 3.8) is 0 Å². The van der Waals surface area contributed by atoms with Gasteiger partial charge in [-0.3, -0.25) is 0 Å². The molecule has 0 aliphatic heterocycles. The van der Waals surface area contributed by atoms with Crippen LogP contribution in [-0.4, -0.2) is 24.9 Å². The van der Waals surface area contributed by atoms with Crippen LogP contribution in [0.25, 0.3) is 0 Å². The monoisotopic (exact) mass is 321 g/mol. The van der Waals surface area contributed by atoms with E-state index in [4.69, 9.17) is 21.9 Å². The van der Waals surface area contributed by atoms with Gasteiger partial charge in [0.2, 0.25) is 10.0 Å². The largest absolute Gasteiger partial charge is 0.380 e. The number of rotatable bonds is 4. The van der Waals surface area contributed by atoms with Gasteiger partial charge < -0.3 is 10.3 Å². The van der Waals surface area contributed by atoms with Crippen molar-refractivity contribution in [3.8, 4) is 0 Å². The Labute approximate surface area is 119 Å². The molecule has 0 saturated carbocycles. The number of thiophene rings is 1. The Balaban J connectivity index is 2.30. The molecule has 0 spiro atoms. The van der Waals surface area contributed by atoms with Gasteiger partial charge in [-0.05, 0) is 19.1 Å². The van der Waals surface area contributed by atoms with E-state index >= 15 is 0 Å². The van der Waals surface area contributed by atoms with Gasteiger partial charge in [0, 0.05) is 18.5 Å². The highest BCUT2D eigenvalue weighted by atomic mass is 35.5. The normalized spacial score (nSPS) is 12.2. The first-order valence-corrected chi connectivity index (χ1v) is 7.88. The van der Waals surface area contributed by atoms with Gasteiger partial charge in [0.05, 0.1) is 4.34 Å². The summed E-state index contributed by atoms with van der Waals surface area (Å²) in [5.74, 6) is 0.0436. The Hall–Kier alpha value is -1.09. The van der Waals surface area contributed by atoms with Crippen LogP contribution in [-0.2, 0) is 16.6 Å². The lowest BCUT2D eigenvalue weighted by molar-refractivity contribution is 0.395. The van der Waals surface area contributed by atoms with Gasteiger partial charge in [-0.25, -0.2) is 8.42 Å². The van der Waals surface area contributed by atoms with E-state index in [-0.39, 0.29) is 23.0 Å². The highest BCUT2D eigenvalue weighted by Crippen LogP contribution is 2.28. The van der Waals surface area contributed by atoms with Crippen LogP contribution in [0.2, 0.25) is 4.34 Å². The standard InChI is InChI=1S/C10H12ClN3O3S2/c1-6-9(10(12)13-17-6)19(15,16)14(2)5-7-3-4-8(11)18-7/h3-4H,5H2,1-2H3,(H2,12,13). The second-order valence-electron chi connectivity index (χ2n) is 3.92. The first kappa shape index (κ1) is 14.3. The van der Waals surface area contributed by atoms with Gasteiger partial charge in [-0.1, -0.05) is 16.8 Å². The molecule has 9 heteroatoms. The maximum atomic E-state index is 12.4. The molecule has 0 aromatic carbocycles. The molecule has 0 fully saturated rings. The van der Waals surface area contributed by atoms with Crippen LogP contribution in [0.1, 0.15) is 10.6 Å². The average Bonchev–Trinajstić information content (AvgIpc) is 2.85. The molecule has 6 nitrogen and oxygen atoms in total. The summed E-state index contributed by atoms with van der Waals surface area (Å²) in [4.78, 5) is 0.751. The number of aryl methyl sites for hydroxylation is 1. The Morgan fingerprint density at radius 2 is 2.21 bits per heavy atom. The minimum atomic E-state index is -3.73. The SMILES string of the molecule is Cc1onc(N)c1S(=O)(=O)N(C)Cc1ccc(Cl)s1. The van der Waals surface area contributed by atoms with Crippen LogP contribution >= 0.6 is 22.9 Å². The number of anilines is 1. The molecule has 104 valence electrons. The predicted molar refractivity (Wildman–Crippen MR) is 73.6 cm³/mol. The summed E-state index contributed by atoms with van der Waals surface area (Å²) in [7, 11) is -2.26. The summed E-state index contributed by atoms with van der Waals surface area (Å²) < 4.78 is 31.3. The first-order valence-electron chi connectivity index (χ1n) is 5.24. The number of hydrogen-bond donors (Lipinski definition) is 1. The second-order valence-corrected chi connectivity index (χ2v) is 7.70. The Kier molecular flexibility index (Phi) is 3.86. The van der Waals surface area contributed by atoms with Crippen molar-refractivity contribution < 1.29 is 12.9 Å². The molecular formula is C10H12ClN3O3S2. The Bertz CT molecular complexity index is 673. The van der Waals surface area contributed by atoms with E-state index in [0.29, 0.717) is 4.34 Å². The molecule has 0 bridgehead atoms. The van der Waals surface area contributed by atoms with Crippen molar-refractivity contribution in [3.05, 3.63) is 27.1 Å². The van der Waals surface area contributed by atoms with Crippen molar-refractivity contribution in [1.82, 2.24) is 9.46 Å². The fraction of sp³-hybridized carbons (Fsp3) is 0.300. The lowest BCUT2D eigenvalue weighted by Gasteiger charge is -2.15. The Morgan fingerprint density at radius 1 is 1.53 bits per heavy atom. The number of nitrogens with two attached hydrogens (primary N) is 1. The summed E-state index contributed by atoms with van der Waals surface area (Å²) in [6.45, 7) is 1.72. The van der Waals surface area contributed by atoms with Crippen LogP contribution in [0.4, 0.5) is 5.82 Å². The quantitative estimate of drug-likeness (QED) is 0.931. The number of hydrogen-bond acceptors (Lipinski definition) is 6. The molecule has 0 saturated heterocycles. The van der Waals surface area contributed by atoms with Gasteiger partial charge >= 0.3 is 0 Å². The number of nitrogens with zero attached hydrogens (tertiary/aromatic N) is 2. The summed E-state index contributed by atoms with van der Waals surface area (Å²) in [6, 6.07) is 3.50. The topological polar surface area (TPSA) is 89.4 Å². The van der Waals surface area contributed by atoms with Crippen molar-refractivity contribution in [2.24, 2.45) is 0 Å². The van der Waals surface area contributed by atoms with Crippen LogP contribution in [0, 0.1) is 6.92 Å². The zero-order chi connectivity index (χ0) is 14.2. The van der Waals surface area contributed by atoms with Crippen LogP contribution in [0.3, 0.4) is 0 Å². The van der Waals surface area contributed by atoms with Crippen molar-refractivity contribution in [1.29, 1.82) is 0 Å². The molecule has 0 amide bonds. The zero-order valence-corrected chi connectivity index (χ0v) is 12.6. The number of halogens is 1. The third-order valence-corrected chi connectivity index (χ3v) is 5.69. The molecule has 0 aliphatic rings. The molecular weight excluding hydrogens is 310 g/mol. The van der Waals surface area contributed by atoms with Crippen LogP contribution in [0.15, 0.2) is 21.6 Å². The van der Waals surface area contributed by atoms with Crippen molar-refractivity contribution in [2.45, 2.75) is 18.4 Å². The molecule has 2 N–H and O–H groups in total. The molecule has 2 rings (SSSR count). The smallest absolute Gasteiger partial charge is 0.250 e. The molecule has 0 aliphatic carbocycles. The third-order valence-electron chi connectivity index (χ3n) is 2.51. The number of nitrogen functional groups attached to an aromatic ring is 1. The number of aromatic nitrogens is 1. The van der Waals surface area contributed by atoms with E-state index in [1.165, 1.54) is 29.6 Å². The summed E-state index contributed by atoms with van der Waals surface area (Å²) in [5, 5.41) is 3.45. The summed E-state index contributed by atoms with van der Waals surface area (Å²) in [6.07, 6.45) is 0. The van der Waals surface area contributed by atoms with Gasteiger partial charge in [-0.15, -0.1) is 11.3 Å². The molecule has 0 atom stereocenters. The van der Waals surface area contributed by atoms with E-state index in [1.54, 1.807) is 12.1 Å². The fourth-order valence-corrected chi connectivity index (χ4v) is 4.14. The molecule has 19 heavy (non-hydrogen) atoms. The molecule has 2 heterocycles. The maximum absolute atomic E-state index is 12.4. The molecule has 2 aromatic heterocycles. The first-order chi connectivity index (χ1) is 8.82. The summed E-state index contributed by atoms with van der Waals surface area (Å²) in [5.41, 5.74) is 5.53. The lowest BCUT2D eigenvalue weighted by Crippen LogP contribution is -2.27. The van der Waals surface area contributed by atoms with E-state index < -0.39 is 10.0 Å². The predicted octanol–water partition coefficient (Wildman–Crippen LogP) is 2.10. The fourth-order valence-electron chi connectivity index (χ4n) is 1.59. The van der Waals surface area contributed by atoms with Gasteiger partial charge in [0.1, 0.15) is 0 Å². The van der Waals surface area contributed by atoms with Crippen LogP contribution < -0.4 is 5.73 Å². The third kappa shape index (κ3) is 2.76. The van der Waals surface area contributed by atoms with Gasteiger partial charge in [-0.2, -0.15) is 4.31 Å². The van der Waals surface area contributed by atoms with Gasteiger partial charge in [0.15, 0.2) is 16.5 Å².